The molecule has 152 valence electrons. The van der Waals surface area contributed by atoms with Gasteiger partial charge in [0, 0.05) is 6.42 Å². The number of ether oxygens (including phenoxy) is 1. The molecule has 1 heterocycles. The highest BCUT2D eigenvalue weighted by Gasteiger charge is 2.36. The van der Waals surface area contributed by atoms with Crippen molar-refractivity contribution in [3.05, 3.63) is 65.2 Å². The smallest absolute Gasteiger partial charge is 0.325 e. The van der Waals surface area contributed by atoms with Gasteiger partial charge in [0.2, 0.25) is 5.91 Å². The van der Waals surface area contributed by atoms with Crippen LogP contribution in [0, 0.1) is 0 Å². The largest absolute Gasteiger partial charge is 0.464 e. The lowest BCUT2D eigenvalue weighted by atomic mass is 9.78. The average Bonchev–Trinajstić information content (AvgIpc) is 3.14. The number of esters is 1. The molecule has 0 radical (unpaired) electrons. The number of rotatable bonds is 9. The normalized spacial score (nSPS) is 13.0. The molecule has 0 saturated heterocycles. The van der Waals surface area contributed by atoms with E-state index in [-0.39, 0.29) is 12.5 Å². The Morgan fingerprint density at radius 2 is 1.83 bits per heavy atom. The molecule has 1 N–H and O–H groups in total. The van der Waals surface area contributed by atoms with E-state index in [0.29, 0.717) is 13.0 Å². The molecule has 3 aromatic rings. The van der Waals surface area contributed by atoms with E-state index >= 15 is 0 Å². The van der Waals surface area contributed by atoms with E-state index in [9.17, 15) is 9.59 Å². The Morgan fingerprint density at radius 1 is 1.10 bits per heavy atom. The van der Waals surface area contributed by atoms with Gasteiger partial charge in [-0.2, -0.15) is 0 Å². The minimum Gasteiger partial charge on any atom is -0.464 e. The maximum atomic E-state index is 13.2. The Balaban J connectivity index is 1.78. The number of carbonyl (C=O) groups excluding carboxylic acids is 2. The zero-order valence-electron chi connectivity index (χ0n) is 16.8. The fourth-order valence-electron chi connectivity index (χ4n) is 3.15. The monoisotopic (exact) mass is 410 g/mol. The number of unbranched alkanes of at least 4 members (excludes halogenated alkanes) is 1. The van der Waals surface area contributed by atoms with E-state index < -0.39 is 11.4 Å². The highest BCUT2D eigenvalue weighted by atomic mass is 32.1. The summed E-state index contributed by atoms with van der Waals surface area (Å²) in [7, 11) is 0. The highest BCUT2D eigenvalue weighted by molar-refractivity contribution is 7.18. The first-order valence-corrected chi connectivity index (χ1v) is 10.7. The predicted octanol–water partition coefficient (Wildman–Crippen LogP) is 4.26. The van der Waals surface area contributed by atoms with Gasteiger partial charge >= 0.3 is 5.97 Å². The summed E-state index contributed by atoms with van der Waals surface area (Å²) in [6.07, 6.45) is 2.22. The molecular weight excluding hydrogens is 384 g/mol. The highest BCUT2D eigenvalue weighted by Crippen LogP contribution is 2.32. The molecule has 5 nitrogen and oxygen atoms in total. The third-order valence-corrected chi connectivity index (χ3v) is 5.95. The van der Waals surface area contributed by atoms with Crippen LogP contribution < -0.4 is 5.32 Å². The van der Waals surface area contributed by atoms with Crippen LogP contribution >= 0.6 is 11.3 Å². The van der Waals surface area contributed by atoms with Gasteiger partial charge in [0.15, 0.2) is 0 Å². The van der Waals surface area contributed by atoms with Crippen molar-refractivity contribution < 1.29 is 14.3 Å². The molecule has 0 bridgehead atoms. The molecule has 29 heavy (non-hydrogen) atoms. The van der Waals surface area contributed by atoms with Crippen LogP contribution in [0.2, 0.25) is 0 Å². The fourth-order valence-corrected chi connectivity index (χ4v) is 4.27. The number of nitrogens with zero attached hydrogens (tertiary/aromatic N) is 1. The Kier molecular flexibility index (Phi) is 6.99. The van der Waals surface area contributed by atoms with Gasteiger partial charge in [0.25, 0.3) is 0 Å². The van der Waals surface area contributed by atoms with Gasteiger partial charge in [0.05, 0.1) is 27.2 Å². The van der Waals surface area contributed by atoms with E-state index in [0.717, 1.165) is 33.6 Å². The van der Waals surface area contributed by atoms with E-state index in [1.165, 1.54) is 0 Å². The number of hydrogen-bond acceptors (Lipinski definition) is 5. The summed E-state index contributed by atoms with van der Waals surface area (Å²) in [5.74, 6) is -0.627. The minimum atomic E-state index is -0.848. The van der Waals surface area contributed by atoms with Crippen molar-refractivity contribution in [2.24, 2.45) is 0 Å². The molecule has 0 aliphatic carbocycles. The van der Waals surface area contributed by atoms with E-state index in [1.807, 2.05) is 68.4 Å². The molecule has 3 rings (SSSR count). The first-order chi connectivity index (χ1) is 14.0. The van der Waals surface area contributed by atoms with Gasteiger partial charge < -0.3 is 10.1 Å². The zero-order valence-corrected chi connectivity index (χ0v) is 17.6. The zero-order chi connectivity index (χ0) is 20.7. The first kappa shape index (κ1) is 21.0. The number of hydrogen-bond donors (Lipinski definition) is 1. The van der Waals surface area contributed by atoms with Gasteiger partial charge in [-0.15, -0.1) is 11.3 Å². The summed E-state index contributed by atoms with van der Waals surface area (Å²) in [6.45, 7) is 4.17. The van der Waals surface area contributed by atoms with Crippen LogP contribution in [0.25, 0.3) is 10.2 Å². The van der Waals surface area contributed by atoms with Crippen LogP contribution in [0.4, 0.5) is 0 Å². The summed E-state index contributed by atoms with van der Waals surface area (Å²) in [5, 5.41) is 3.65. The van der Waals surface area contributed by atoms with Crippen molar-refractivity contribution in [1.82, 2.24) is 10.3 Å². The predicted molar refractivity (Wildman–Crippen MR) is 116 cm³/mol. The Labute approximate surface area is 175 Å². The van der Waals surface area contributed by atoms with E-state index in [4.69, 9.17) is 9.72 Å². The summed E-state index contributed by atoms with van der Waals surface area (Å²) >= 11 is 1.59. The maximum Gasteiger partial charge on any atom is 0.325 e. The number of carbonyl (C=O) groups is 2. The minimum absolute atomic E-state index is 0.134. The molecule has 1 unspecified atom stereocenters. The van der Waals surface area contributed by atoms with Gasteiger partial charge in [-0.05, 0) is 31.0 Å². The van der Waals surface area contributed by atoms with Crippen LogP contribution in [-0.2, 0) is 26.2 Å². The Hall–Kier alpha value is -2.73. The Bertz CT molecular complexity index is 937. The van der Waals surface area contributed by atoms with Crippen molar-refractivity contribution >= 4 is 33.4 Å². The second-order valence-corrected chi connectivity index (χ2v) is 8.32. The van der Waals surface area contributed by atoms with Crippen molar-refractivity contribution in [2.75, 3.05) is 13.2 Å². The van der Waals surface area contributed by atoms with Crippen molar-refractivity contribution in [1.29, 1.82) is 0 Å². The van der Waals surface area contributed by atoms with E-state index in [1.54, 1.807) is 11.3 Å². The number of nitrogens with one attached hydrogen (secondary N) is 1. The van der Waals surface area contributed by atoms with Gasteiger partial charge in [-0.3, -0.25) is 9.59 Å². The quantitative estimate of drug-likeness (QED) is 0.423. The lowest BCUT2D eigenvalue weighted by Crippen LogP contribution is -2.45. The van der Waals surface area contributed by atoms with Crippen LogP contribution in [0.5, 0.6) is 0 Å². The lowest BCUT2D eigenvalue weighted by Gasteiger charge is -2.28. The molecule has 0 spiro atoms. The van der Waals surface area contributed by atoms with Crippen LogP contribution in [0.1, 0.15) is 37.3 Å². The van der Waals surface area contributed by atoms with Crippen LogP contribution in [0.15, 0.2) is 54.6 Å². The van der Waals surface area contributed by atoms with Crippen molar-refractivity contribution in [3.8, 4) is 0 Å². The second kappa shape index (κ2) is 9.65. The topological polar surface area (TPSA) is 68.3 Å². The second-order valence-electron chi connectivity index (χ2n) is 7.21. The molecular formula is C23H26N2O3S. The maximum absolute atomic E-state index is 13.2. The lowest BCUT2D eigenvalue weighted by molar-refractivity contribution is -0.144. The van der Waals surface area contributed by atoms with Crippen LogP contribution in [0.3, 0.4) is 0 Å². The van der Waals surface area contributed by atoms with Gasteiger partial charge in [-0.1, -0.05) is 55.8 Å². The molecule has 2 aromatic carbocycles. The number of thiazole rings is 1. The molecule has 0 saturated carbocycles. The van der Waals surface area contributed by atoms with Crippen molar-refractivity contribution in [3.63, 3.8) is 0 Å². The SMILES string of the molecule is CCCCOC(=O)CNC(=O)C(C)(Cc1nc2ccccc2s1)c1ccccc1. The molecule has 1 amide bonds. The summed E-state index contributed by atoms with van der Waals surface area (Å²) in [4.78, 5) is 29.8. The number of amides is 1. The molecule has 0 aliphatic rings. The molecule has 6 heteroatoms. The summed E-state index contributed by atoms with van der Waals surface area (Å²) < 4.78 is 6.24. The Morgan fingerprint density at radius 3 is 2.55 bits per heavy atom. The molecule has 1 aromatic heterocycles. The van der Waals surface area contributed by atoms with Crippen LogP contribution in [-0.4, -0.2) is 30.0 Å². The average molecular weight is 411 g/mol. The number of aromatic nitrogens is 1. The molecule has 0 fully saturated rings. The fraction of sp³-hybridized carbons (Fsp3) is 0.348. The van der Waals surface area contributed by atoms with E-state index in [2.05, 4.69) is 5.32 Å². The number of para-hydroxylation sites is 1. The first-order valence-electron chi connectivity index (χ1n) is 9.87. The summed E-state index contributed by atoms with van der Waals surface area (Å²) in [5.41, 5.74) is 0.970. The number of benzene rings is 2. The third-order valence-electron chi connectivity index (χ3n) is 4.91. The number of fused-ring (bicyclic) bond motifs is 1. The third kappa shape index (κ3) is 5.21. The van der Waals surface area contributed by atoms with Gasteiger partial charge in [0.1, 0.15) is 6.54 Å². The standard InChI is InChI=1S/C23H26N2O3S/c1-3-4-14-28-21(26)16-24-22(27)23(2,17-10-6-5-7-11-17)15-20-25-18-12-8-9-13-19(18)29-20/h5-13H,3-4,14-16H2,1-2H3,(H,24,27). The van der Waals surface area contributed by atoms with Gasteiger partial charge in [-0.25, -0.2) is 4.98 Å². The molecule has 1 atom stereocenters. The van der Waals surface area contributed by atoms with Crippen molar-refractivity contribution in [2.45, 2.75) is 38.5 Å². The molecule has 0 aliphatic heterocycles. The summed E-state index contributed by atoms with van der Waals surface area (Å²) in [6, 6.07) is 17.6.